The monoisotopic (exact) mass is 411 g/mol. The molecule has 2 aromatic rings. The molecule has 1 amide bonds. The second kappa shape index (κ2) is 10.0. The molecule has 0 radical (unpaired) electrons. The standard InChI is InChI=1S/C17H21N5O3S.ClH/c1-20-17(21-18)22(11-10-13-6-3-2-4-7-13)16(23)14-8-5-9-15(12-14)26(19,24)25;/h2-9,12H,10-11,18H2,1H3,(H,20,21)(H2,19,24,25);1H. The van der Waals surface area contributed by atoms with Crippen LogP contribution in [0.25, 0.3) is 0 Å². The molecule has 8 nitrogen and oxygen atoms in total. The van der Waals surface area contributed by atoms with E-state index in [1.807, 2.05) is 30.3 Å². The Morgan fingerprint density at radius 3 is 2.37 bits per heavy atom. The number of primary sulfonamides is 1. The number of guanidine groups is 1. The van der Waals surface area contributed by atoms with Crippen molar-refractivity contribution in [1.82, 2.24) is 10.3 Å². The van der Waals surface area contributed by atoms with Gasteiger partial charge in [0.15, 0.2) is 0 Å². The highest BCUT2D eigenvalue weighted by molar-refractivity contribution is 7.89. The number of hydrogen-bond donors (Lipinski definition) is 3. The van der Waals surface area contributed by atoms with Gasteiger partial charge in [-0.25, -0.2) is 19.4 Å². The van der Waals surface area contributed by atoms with E-state index in [1.54, 1.807) is 0 Å². The maximum atomic E-state index is 12.9. The fourth-order valence-electron chi connectivity index (χ4n) is 2.41. The molecule has 10 heteroatoms. The highest BCUT2D eigenvalue weighted by Gasteiger charge is 2.21. The van der Waals surface area contributed by atoms with Gasteiger partial charge in [0.1, 0.15) is 0 Å². The largest absolute Gasteiger partial charge is 0.294 e. The Kier molecular flexibility index (Phi) is 8.38. The first-order valence-corrected chi connectivity index (χ1v) is 9.33. The minimum absolute atomic E-state index is 0. The number of sulfonamides is 1. The summed E-state index contributed by atoms with van der Waals surface area (Å²) in [5, 5.41) is 5.14. The number of carbonyl (C=O) groups excluding carboxylic acids is 1. The number of carbonyl (C=O) groups is 1. The first-order chi connectivity index (χ1) is 12.4. The molecule has 0 saturated heterocycles. The van der Waals surface area contributed by atoms with Crippen LogP contribution in [0, 0.1) is 0 Å². The number of benzene rings is 2. The first kappa shape index (κ1) is 22.6. The van der Waals surface area contributed by atoms with E-state index in [9.17, 15) is 13.2 Å². The molecule has 146 valence electrons. The maximum absolute atomic E-state index is 12.9. The van der Waals surface area contributed by atoms with E-state index >= 15 is 0 Å². The van der Waals surface area contributed by atoms with Crippen molar-refractivity contribution in [2.75, 3.05) is 13.6 Å². The van der Waals surface area contributed by atoms with Gasteiger partial charge in [0.05, 0.1) is 4.90 Å². The fourth-order valence-corrected chi connectivity index (χ4v) is 2.97. The molecule has 0 aliphatic heterocycles. The summed E-state index contributed by atoms with van der Waals surface area (Å²) in [6, 6.07) is 15.2. The molecule has 0 aliphatic rings. The molecule has 0 heterocycles. The zero-order valence-electron chi connectivity index (χ0n) is 14.7. The summed E-state index contributed by atoms with van der Waals surface area (Å²) in [6.45, 7) is 0.305. The van der Waals surface area contributed by atoms with Gasteiger partial charge in [-0.05, 0) is 30.2 Å². The molecular formula is C17H22ClN5O3S. The third-order valence-corrected chi connectivity index (χ3v) is 4.63. The maximum Gasteiger partial charge on any atom is 0.260 e. The van der Waals surface area contributed by atoms with Crippen molar-refractivity contribution >= 4 is 34.3 Å². The van der Waals surface area contributed by atoms with E-state index in [2.05, 4.69) is 10.4 Å². The molecular weight excluding hydrogens is 390 g/mol. The van der Waals surface area contributed by atoms with Crippen molar-refractivity contribution in [2.24, 2.45) is 16.0 Å². The number of amides is 1. The van der Waals surface area contributed by atoms with Crippen LogP contribution >= 0.6 is 12.4 Å². The zero-order chi connectivity index (χ0) is 19.2. The summed E-state index contributed by atoms with van der Waals surface area (Å²) in [6.07, 6.45) is 0.572. The highest BCUT2D eigenvalue weighted by atomic mass is 35.5. The SMILES string of the molecule is CN=C(NN)N(CCc1ccccc1)C(=O)c1cccc(S(N)(=O)=O)c1.Cl. The first-order valence-electron chi connectivity index (χ1n) is 7.79. The van der Waals surface area contributed by atoms with E-state index < -0.39 is 15.9 Å². The Morgan fingerprint density at radius 2 is 1.81 bits per heavy atom. The van der Waals surface area contributed by atoms with Crippen LogP contribution in [0.15, 0.2) is 64.5 Å². The van der Waals surface area contributed by atoms with Crippen molar-refractivity contribution in [3.8, 4) is 0 Å². The summed E-state index contributed by atoms with van der Waals surface area (Å²) in [5.74, 6) is 5.21. The third kappa shape index (κ3) is 6.04. The number of halogens is 1. The zero-order valence-corrected chi connectivity index (χ0v) is 16.3. The number of aliphatic imine (C=N–C) groups is 1. The predicted molar refractivity (Wildman–Crippen MR) is 107 cm³/mol. The molecule has 5 N–H and O–H groups in total. The van der Waals surface area contributed by atoms with Crippen molar-refractivity contribution in [3.05, 3.63) is 65.7 Å². The second-order valence-electron chi connectivity index (χ2n) is 5.46. The van der Waals surface area contributed by atoms with Crippen molar-refractivity contribution in [3.63, 3.8) is 0 Å². The minimum atomic E-state index is -3.91. The molecule has 0 unspecified atom stereocenters. The van der Waals surface area contributed by atoms with Crippen LogP contribution in [0.1, 0.15) is 15.9 Å². The van der Waals surface area contributed by atoms with Crippen LogP contribution in [0.5, 0.6) is 0 Å². The van der Waals surface area contributed by atoms with Crippen LogP contribution in [-0.2, 0) is 16.4 Å². The van der Waals surface area contributed by atoms with Gasteiger partial charge in [0, 0.05) is 19.2 Å². The van der Waals surface area contributed by atoms with Gasteiger partial charge < -0.3 is 0 Å². The van der Waals surface area contributed by atoms with Gasteiger partial charge >= 0.3 is 0 Å². The predicted octanol–water partition coefficient (Wildman–Crippen LogP) is 0.890. The summed E-state index contributed by atoms with van der Waals surface area (Å²) in [7, 11) is -2.41. The van der Waals surface area contributed by atoms with E-state index in [1.165, 1.54) is 36.2 Å². The van der Waals surface area contributed by atoms with Crippen molar-refractivity contribution in [2.45, 2.75) is 11.3 Å². The number of rotatable bonds is 5. The lowest BCUT2D eigenvalue weighted by Gasteiger charge is -2.23. The smallest absolute Gasteiger partial charge is 0.260 e. The molecule has 0 aromatic heterocycles. The number of hydrogen-bond acceptors (Lipinski definition) is 5. The Labute approximate surface area is 164 Å². The Morgan fingerprint density at radius 1 is 1.15 bits per heavy atom. The van der Waals surface area contributed by atoms with Gasteiger partial charge in [-0.3, -0.25) is 20.1 Å². The topological polar surface area (TPSA) is 131 Å². The van der Waals surface area contributed by atoms with Crippen LogP contribution in [-0.4, -0.2) is 38.8 Å². The molecule has 2 aromatic carbocycles. The molecule has 0 fully saturated rings. The molecule has 2 rings (SSSR count). The summed E-state index contributed by atoms with van der Waals surface area (Å²) in [5.41, 5.74) is 3.60. The Balaban J connectivity index is 0.00000364. The van der Waals surface area contributed by atoms with Crippen LogP contribution < -0.4 is 16.4 Å². The van der Waals surface area contributed by atoms with Crippen molar-refractivity contribution < 1.29 is 13.2 Å². The fraction of sp³-hybridized carbons (Fsp3) is 0.176. The van der Waals surface area contributed by atoms with Gasteiger partial charge in [0.2, 0.25) is 16.0 Å². The van der Waals surface area contributed by atoms with Crippen LogP contribution in [0.2, 0.25) is 0 Å². The second-order valence-corrected chi connectivity index (χ2v) is 7.02. The van der Waals surface area contributed by atoms with E-state index in [4.69, 9.17) is 11.0 Å². The van der Waals surface area contributed by atoms with Gasteiger partial charge in [-0.15, -0.1) is 12.4 Å². The molecule has 0 aliphatic carbocycles. The van der Waals surface area contributed by atoms with Gasteiger partial charge in [0.25, 0.3) is 5.91 Å². The molecule has 0 spiro atoms. The Bertz CT molecular complexity index is 904. The average molecular weight is 412 g/mol. The lowest BCUT2D eigenvalue weighted by molar-refractivity contribution is 0.0843. The summed E-state index contributed by atoms with van der Waals surface area (Å²) >= 11 is 0. The number of nitrogens with two attached hydrogens (primary N) is 2. The highest BCUT2D eigenvalue weighted by Crippen LogP contribution is 2.13. The lowest BCUT2D eigenvalue weighted by Crippen LogP contribution is -2.48. The van der Waals surface area contributed by atoms with E-state index in [0.29, 0.717) is 13.0 Å². The molecule has 27 heavy (non-hydrogen) atoms. The lowest BCUT2D eigenvalue weighted by atomic mass is 10.1. The third-order valence-electron chi connectivity index (χ3n) is 3.72. The normalized spacial score (nSPS) is 11.4. The van der Waals surface area contributed by atoms with E-state index in [0.717, 1.165) is 5.56 Å². The molecule has 0 bridgehead atoms. The number of nitrogens with one attached hydrogen (secondary N) is 1. The van der Waals surface area contributed by atoms with Crippen LogP contribution in [0.4, 0.5) is 0 Å². The summed E-state index contributed by atoms with van der Waals surface area (Å²) in [4.78, 5) is 18.1. The van der Waals surface area contributed by atoms with Crippen molar-refractivity contribution in [1.29, 1.82) is 0 Å². The average Bonchev–Trinajstić information content (AvgIpc) is 2.65. The van der Waals surface area contributed by atoms with E-state index in [-0.39, 0.29) is 28.8 Å². The Hall–Kier alpha value is -2.46. The van der Waals surface area contributed by atoms with Gasteiger partial charge in [-0.1, -0.05) is 36.4 Å². The number of nitrogens with zero attached hydrogens (tertiary/aromatic N) is 2. The minimum Gasteiger partial charge on any atom is -0.294 e. The van der Waals surface area contributed by atoms with Crippen LogP contribution in [0.3, 0.4) is 0 Å². The molecule has 0 atom stereocenters. The molecule has 0 saturated carbocycles. The van der Waals surface area contributed by atoms with Gasteiger partial charge in [-0.2, -0.15) is 0 Å². The summed E-state index contributed by atoms with van der Waals surface area (Å²) < 4.78 is 23.1. The quantitative estimate of drug-likeness (QED) is 0.291. The number of hydrazine groups is 1.